The van der Waals surface area contributed by atoms with Crippen LogP contribution < -0.4 is 5.43 Å². The van der Waals surface area contributed by atoms with Crippen molar-refractivity contribution in [1.82, 2.24) is 5.43 Å². The number of phenols is 2. The quantitative estimate of drug-likeness (QED) is 0.336. The van der Waals surface area contributed by atoms with Crippen molar-refractivity contribution in [2.24, 2.45) is 5.10 Å². The molecule has 1 heterocycles. The summed E-state index contributed by atoms with van der Waals surface area (Å²) in [6.45, 7) is 0. The van der Waals surface area contributed by atoms with Gasteiger partial charge in [0.1, 0.15) is 4.92 Å². The predicted octanol–water partition coefficient (Wildman–Crippen LogP) is 1.36. The van der Waals surface area contributed by atoms with Crippen LogP contribution >= 0.6 is 0 Å². The van der Waals surface area contributed by atoms with Gasteiger partial charge in [0.25, 0.3) is 5.91 Å². The van der Waals surface area contributed by atoms with Gasteiger partial charge in [-0.1, -0.05) is 0 Å². The van der Waals surface area contributed by atoms with Gasteiger partial charge >= 0.3 is 5.88 Å². The van der Waals surface area contributed by atoms with Crippen LogP contribution in [0.2, 0.25) is 0 Å². The lowest BCUT2D eigenvalue weighted by Crippen LogP contribution is -2.17. The van der Waals surface area contributed by atoms with Crippen molar-refractivity contribution in [2.75, 3.05) is 0 Å². The molecule has 9 nitrogen and oxygen atoms in total. The van der Waals surface area contributed by atoms with E-state index in [-0.39, 0.29) is 17.1 Å². The zero-order chi connectivity index (χ0) is 15.4. The van der Waals surface area contributed by atoms with Crippen molar-refractivity contribution in [3.63, 3.8) is 0 Å². The molecule has 0 aliphatic carbocycles. The van der Waals surface area contributed by atoms with Crippen molar-refractivity contribution in [3.8, 4) is 11.5 Å². The van der Waals surface area contributed by atoms with E-state index in [1.165, 1.54) is 12.1 Å². The number of benzene rings is 1. The molecule has 1 aromatic heterocycles. The summed E-state index contributed by atoms with van der Waals surface area (Å²) < 4.78 is 4.79. The molecule has 2 rings (SSSR count). The molecule has 1 aromatic carbocycles. The Kier molecular flexibility index (Phi) is 3.84. The summed E-state index contributed by atoms with van der Waals surface area (Å²) in [5.74, 6) is -1.77. The average molecular weight is 291 g/mol. The van der Waals surface area contributed by atoms with Gasteiger partial charge in [-0.3, -0.25) is 14.9 Å². The highest BCUT2D eigenvalue weighted by Crippen LogP contribution is 2.24. The highest BCUT2D eigenvalue weighted by atomic mass is 16.6. The molecule has 3 N–H and O–H groups in total. The summed E-state index contributed by atoms with van der Waals surface area (Å²) in [4.78, 5) is 21.4. The largest absolute Gasteiger partial charge is 0.504 e. The number of nitro groups is 1. The lowest BCUT2D eigenvalue weighted by molar-refractivity contribution is -0.402. The Morgan fingerprint density at radius 1 is 1.29 bits per heavy atom. The molecule has 0 saturated heterocycles. The Hall–Kier alpha value is -3.36. The molecule has 0 aliphatic rings. The number of hydrogen-bond acceptors (Lipinski definition) is 7. The van der Waals surface area contributed by atoms with E-state index in [9.17, 15) is 20.0 Å². The van der Waals surface area contributed by atoms with Gasteiger partial charge in [-0.2, -0.15) is 5.10 Å². The number of hydrazone groups is 1. The number of hydrogen-bond donors (Lipinski definition) is 3. The van der Waals surface area contributed by atoms with E-state index in [0.29, 0.717) is 0 Å². The number of nitrogens with one attached hydrogen (secondary N) is 1. The highest BCUT2D eigenvalue weighted by molar-refractivity contribution is 5.95. The molecule has 0 radical (unpaired) electrons. The molecule has 0 fully saturated rings. The third-order valence-corrected chi connectivity index (χ3v) is 2.39. The monoisotopic (exact) mass is 291 g/mol. The Labute approximate surface area is 117 Å². The second-order valence-corrected chi connectivity index (χ2v) is 3.84. The number of carbonyl (C=O) groups is 1. The first-order valence-electron chi connectivity index (χ1n) is 5.57. The van der Waals surface area contributed by atoms with E-state index in [1.54, 1.807) is 0 Å². The Morgan fingerprint density at radius 2 is 2.05 bits per heavy atom. The molecule has 0 aliphatic heterocycles. The first-order chi connectivity index (χ1) is 9.97. The second-order valence-electron chi connectivity index (χ2n) is 3.84. The molecule has 0 unspecified atom stereocenters. The summed E-state index contributed by atoms with van der Waals surface area (Å²) in [5.41, 5.74) is 2.22. The van der Waals surface area contributed by atoms with Gasteiger partial charge < -0.3 is 14.6 Å². The van der Waals surface area contributed by atoms with Crippen molar-refractivity contribution in [3.05, 3.63) is 51.8 Å². The smallest absolute Gasteiger partial charge is 0.433 e. The average Bonchev–Trinajstić information content (AvgIpc) is 2.91. The van der Waals surface area contributed by atoms with Crippen molar-refractivity contribution < 1.29 is 24.3 Å². The van der Waals surface area contributed by atoms with E-state index in [2.05, 4.69) is 10.5 Å². The van der Waals surface area contributed by atoms with Crippen LogP contribution in [-0.4, -0.2) is 27.3 Å². The van der Waals surface area contributed by atoms with Crippen LogP contribution in [0.1, 0.15) is 16.1 Å². The normalized spacial score (nSPS) is 10.7. The van der Waals surface area contributed by atoms with Crippen LogP contribution in [0, 0.1) is 10.1 Å². The van der Waals surface area contributed by atoms with Crippen LogP contribution in [0.3, 0.4) is 0 Å². The summed E-state index contributed by atoms with van der Waals surface area (Å²) >= 11 is 0. The SMILES string of the molecule is O=C(N/N=C/c1ccc([N+](=O)[O-])o1)c1ccc(O)c(O)c1. The molecule has 0 saturated carbocycles. The molecule has 0 spiro atoms. The first kappa shape index (κ1) is 14.1. The van der Waals surface area contributed by atoms with E-state index in [1.807, 2.05) is 0 Å². The van der Waals surface area contributed by atoms with E-state index in [4.69, 9.17) is 9.52 Å². The molecule has 2 aromatic rings. The Bertz CT molecular complexity index is 722. The van der Waals surface area contributed by atoms with Crippen LogP contribution in [0.4, 0.5) is 5.88 Å². The maximum absolute atomic E-state index is 11.7. The summed E-state index contributed by atoms with van der Waals surface area (Å²) in [6, 6.07) is 5.99. The minimum absolute atomic E-state index is 0.0767. The summed E-state index contributed by atoms with van der Waals surface area (Å²) in [5, 5.41) is 32.3. The number of phenolic OH excluding ortho intramolecular Hbond substituents is 2. The third kappa shape index (κ3) is 3.35. The minimum Gasteiger partial charge on any atom is -0.504 e. The maximum atomic E-state index is 11.7. The van der Waals surface area contributed by atoms with Gasteiger partial charge in [0, 0.05) is 5.56 Å². The lowest BCUT2D eigenvalue weighted by Gasteiger charge is -2.01. The number of furan rings is 1. The number of amides is 1. The minimum atomic E-state index is -0.699. The number of nitrogens with zero attached hydrogens (tertiary/aromatic N) is 2. The number of aromatic hydroxyl groups is 2. The fraction of sp³-hybridized carbons (Fsp3) is 0. The lowest BCUT2D eigenvalue weighted by atomic mass is 10.2. The fourth-order valence-corrected chi connectivity index (χ4v) is 1.39. The zero-order valence-electron chi connectivity index (χ0n) is 10.4. The van der Waals surface area contributed by atoms with Gasteiger partial charge in [-0.25, -0.2) is 5.43 Å². The van der Waals surface area contributed by atoms with Crippen LogP contribution in [0.15, 0.2) is 39.9 Å². The van der Waals surface area contributed by atoms with Crippen LogP contribution in [-0.2, 0) is 0 Å². The van der Waals surface area contributed by atoms with Crippen LogP contribution in [0.25, 0.3) is 0 Å². The molecule has 9 heteroatoms. The van der Waals surface area contributed by atoms with Crippen LogP contribution in [0.5, 0.6) is 11.5 Å². The summed E-state index contributed by atoms with van der Waals surface area (Å²) in [6.07, 6.45) is 1.09. The molecular weight excluding hydrogens is 282 g/mol. The molecular formula is C12H9N3O6. The standard InChI is InChI=1S/C12H9N3O6/c16-9-3-1-7(5-10(9)17)12(18)14-13-6-8-2-4-11(21-8)15(19)20/h1-6,16-17H,(H,14,18)/b13-6+. The Morgan fingerprint density at radius 3 is 2.67 bits per heavy atom. The Balaban J connectivity index is 2.01. The van der Waals surface area contributed by atoms with Crippen molar-refractivity contribution in [2.45, 2.75) is 0 Å². The van der Waals surface area contributed by atoms with Gasteiger partial charge in [0.15, 0.2) is 17.3 Å². The van der Waals surface area contributed by atoms with Gasteiger partial charge in [-0.15, -0.1) is 0 Å². The van der Waals surface area contributed by atoms with Crippen molar-refractivity contribution in [1.29, 1.82) is 0 Å². The second kappa shape index (κ2) is 5.74. The third-order valence-electron chi connectivity index (χ3n) is 2.39. The van der Waals surface area contributed by atoms with E-state index < -0.39 is 22.5 Å². The zero-order valence-corrected chi connectivity index (χ0v) is 10.4. The fourth-order valence-electron chi connectivity index (χ4n) is 1.39. The van der Waals surface area contributed by atoms with Crippen molar-refractivity contribution >= 4 is 18.0 Å². The topological polar surface area (TPSA) is 138 Å². The number of rotatable bonds is 4. The first-order valence-corrected chi connectivity index (χ1v) is 5.57. The maximum Gasteiger partial charge on any atom is 0.433 e. The van der Waals surface area contributed by atoms with E-state index in [0.717, 1.165) is 24.4 Å². The van der Waals surface area contributed by atoms with Gasteiger partial charge in [-0.05, 0) is 24.3 Å². The number of carbonyl (C=O) groups excluding carboxylic acids is 1. The van der Waals surface area contributed by atoms with Gasteiger partial charge in [0.2, 0.25) is 0 Å². The predicted molar refractivity (Wildman–Crippen MR) is 70.2 cm³/mol. The molecule has 21 heavy (non-hydrogen) atoms. The molecule has 0 atom stereocenters. The molecule has 1 amide bonds. The highest BCUT2D eigenvalue weighted by Gasteiger charge is 2.11. The summed E-state index contributed by atoms with van der Waals surface area (Å²) in [7, 11) is 0. The molecule has 108 valence electrons. The van der Waals surface area contributed by atoms with E-state index >= 15 is 0 Å². The van der Waals surface area contributed by atoms with Gasteiger partial charge in [0.05, 0.1) is 12.3 Å². The molecule has 0 bridgehead atoms.